The van der Waals surface area contributed by atoms with Crippen LogP contribution in [0.2, 0.25) is 0 Å². The molecule has 0 radical (unpaired) electrons. The molecule has 1 heterocycles. The van der Waals surface area contributed by atoms with Crippen molar-refractivity contribution in [3.8, 4) is 0 Å². The van der Waals surface area contributed by atoms with E-state index in [0.29, 0.717) is 24.7 Å². The van der Waals surface area contributed by atoms with E-state index in [9.17, 15) is 0 Å². The summed E-state index contributed by atoms with van der Waals surface area (Å²) in [6, 6.07) is 9.35. The molecule has 3 unspecified atom stereocenters. The Morgan fingerprint density at radius 3 is 2.79 bits per heavy atom. The van der Waals surface area contributed by atoms with E-state index < -0.39 is 0 Å². The van der Waals surface area contributed by atoms with Gasteiger partial charge in [0.25, 0.3) is 0 Å². The smallest absolute Gasteiger partial charge is 0.0675 e. The molecule has 2 rings (SSSR count). The molecule has 3 atom stereocenters. The number of ether oxygens (including phenoxy) is 1. The number of hydrogen-bond acceptors (Lipinski definition) is 3. The Kier molecular flexibility index (Phi) is 4.97. The molecule has 0 amide bonds. The summed E-state index contributed by atoms with van der Waals surface area (Å²) >= 11 is 0. The summed E-state index contributed by atoms with van der Waals surface area (Å²) in [6.07, 6.45) is 1.40. The Balaban J connectivity index is 2.26. The summed E-state index contributed by atoms with van der Waals surface area (Å²) in [5, 5.41) is 0. The van der Waals surface area contributed by atoms with Crippen molar-refractivity contribution in [3.05, 3.63) is 35.4 Å². The fourth-order valence-corrected chi connectivity index (χ4v) is 3.01. The van der Waals surface area contributed by atoms with Gasteiger partial charge in [0.1, 0.15) is 0 Å². The van der Waals surface area contributed by atoms with Crippen LogP contribution in [0.5, 0.6) is 0 Å². The van der Waals surface area contributed by atoms with Crippen LogP contribution < -0.4 is 5.73 Å². The van der Waals surface area contributed by atoms with Crippen LogP contribution in [-0.2, 0) is 4.74 Å². The van der Waals surface area contributed by atoms with Gasteiger partial charge < -0.3 is 10.5 Å². The van der Waals surface area contributed by atoms with Crippen molar-refractivity contribution in [1.82, 2.24) is 4.90 Å². The number of rotatable bonds is 4. The maximum absolute atomic E-state index is 6.08. The molecule has 0 aromatic heterocycles. The molecule has 1 aromatic carbocycles. The van der Waals surface area contributed by atoms with Crippen LogP contribution in [0.1, 0.15) is 37.4 Å². The highest BCUT2D eigenvalue weighted by Crippen LogP contribution is 2.28. The van der Waals surface area contributed by atoms with E-state index in [1.54, 1.807) is 0 Å². The van der Waals surface area contributed by atoms with E-state index in [0.717, 1.165) is 19.6 Å². The molecular weight excluding hydrogens is 236 g/mol. The van der Waals surface area contributed by atoms with Crippen molar-refractivity contribution in [3.63, 3.8) is 0 Å². The van der Waals surface area contributed by atoms with Crippen molar-refractivity contribution in [2.75, 3.05) is 19.7 Å². The molecule has 0 bridgehead atoms. The second-order valence-electron chi connectivity index (χ2n) is 5.51. The molecule has 1 aliphatic rings. The summed E-state index contributed by atoms with van der Waals surface area (Å²) < 4.78 is 5.79. The molecular formula is C16H26N2O. The average Bonchev–Trinajstić information content (AvgIpc) is 2.42. The maximum Gasteiger partial charge on any atom is 0.0675 e. The lowest BCUT2D eigenvalue weighted by Gasteiger charge is -2.43. The van der Waals surface area contributed by atoms with Crippen molar-refractivity contribution in [2.24, 2.45) is 5.73 Å². The molecule has 19 heavy (non-hydrogen) atoms. The van der Waals surface area contributed by atoms with Crippen LogP contribution in [-0.4, -0.2) is 36.7 Å². The first-order chi connectivity index (χ1) is 9.17. The highest BCUT2D eigenvalue weighted by atomic mass is 16.5. The van der Waals surface area contributed by atoms with E-state index in [2.05, 4.69) is 49.9 Å². The Hall–Kier alpha value is -0.900. The molecule has 2 N–H and O–H groups in total. The van der Waals surface area contributed by atoms with Gasteiger partial charge in [-0.15, -0.1) is 0 Å². The van der Waals surface area contributed by atoms with Gasteiger partial charge in [-0.25, -0.2) is 0 Å². The summed E-state index contributed by atoms with van der Waals surface area (Å²) in [6.45, 7) is 8.98. The van der Waals surface area contributed by atoms with Crippen LogP contribution in [0, 0.1) is 6.92 Å². The van der Waals surface area contributed by atoms with Crippen LogP contribution in [0.15, 0.2) is 24.3 Å². The first-order valence-corrected chi connectivity index (χ1v) is 7.30. The maximum atomic E-state index is 6.08. The summed E-state index contributed by atoms with van der Waals surface area (Å²) in [4.78, 5) is 2.54. The SMILES string of the molecule is CCC1COC(C)CN1C(CN)c1ccccc1C. The highest BCUT2D eigenvalue weighted by molar-refractivity contribution is 5.29. The van der Waals surface area contributed by atoms with Crippen molar-refractivity contribution >= 4 is 0 Å². The van der Waals surface area contributed by atoms with E-state index in [4.69, 9.17) is 10.5 Å². The molecule has 3 nitrogen and oxygen atoms in total. The van der Waals surface area contributed by atoms with Gasteiger partial charge in [-0.2, -0.15) is 0 Å². The van der Waals surface area contributed by atoms with Crippen molar-refractivity contribution < 1.29 is 4.74 Å². The third-order valence-corrected chi connectivity index (χ3v) is 4.15. The third kappa shape index (κ3) is 3.16. The number of aryl methyl sites for hydroxylation is 1. The first-order valence-electron chi connectivity index (χ1n) is 7.30. The zero-order chi connectivity index (χ0) is 13.8. The summed E-state index contributed by atoms with van der Waals surface area (Å²) in [7, 11) is 0. The van der Waals surface area contributed by atoms with E-state index >= 15 is 0 Å². The molecule has 1 aromatic rings. The number of nitrogens with zero attached hydrogens (tertiary/aromatic N) is 1. The topological polar surface area (TPSA) is 38.5 Å². The standard InChI is InChI=1S/C16H26N2O/c1-4-14-11-19-13(3)10-18(14)16(9-17)15-8-6-5-7-12(15)2/h5-8,13-14,16H,4,9-11,17H2,1-3H3. The fourth-order valence-electron chi connectivity index (χ4n) is 3.01. The molecule has 3 heteroatoms. The second-order valence-corrected chi connectivity index (χ2v) is 5.51. The molecule has 0 spiro atoms. The van der Waals surface area contributed by atoms with E-state index in [-0.39, 0.29) is 0 Å². The lowest BCUT2D eigenvalue weighted by atomic mass is 9.97. The third-order valence-electron chi connectivity index (χ3n) is 4.15. The Labute approximate surface area is 116 Å². The van der Waals surface area contributed by atoms with Gasteiger partial charge in [0.2, 0.25) is 0 Å². The number of hydrogen-bond donors (Lipinski definition) is 1. The normalized spacial score (nSPS) is 26.3. The van der Waals surface area contributed by atoms with Crippen molar-refractivity contribution in [1.29, 1.82) is 0 Å². The molecule has 1 saturated heterocycles. The lowest BCUT2D eigenvalue weighted by Crippen LogP contribution is -2.51. The van der Waals surface area contributed by atoms with Gasteiger partial charge >= 0.3 is 0 Å². The Bertz CT molecular complexity index is 407. The average molecular weight is 262 g/mol. The number of benzene rings is 1. The van der Waals surface area contributed by atoms with Gasteiger partial charge in [0.15, 0.2) is 0 Å². The summed E-state index contributed by atoms with van der Waals surface area (Å²) in [5.74, 6) is 0. The van der Waals surface area contributed by atoms with Crippen LogP contribution >= 0.6 is 0 Å². The minimum absolute atomic E-state index is 0.292. The predicted octanol–water partition coefficient (Wildman–Crippen LogP) is 2.49. The monoisotopic (exact) mass is 262 g/mol. The Morgan fingerprint density at radius 1 is 1.42 bits per heavy atom. The van der Waals surface area contributed by atoms with E-state index in [1.807, 2.05) is 0 Å². The summed E-state index contributed by atoms with van der Waals surface area (Å²) in [5.41, 5.74) is 8.77. The van der Waals surface area contributed by atoms with Crippen LogP contribution in [0.3, 0.4) is 0 Å². The minimum atomic E-state index is 0.292. The van der Waals surface area contributed by atoms with Gasteiger partial charge in [-0.3, -0.25) is 4.90 Å². The highest BCUT2D eigenvalue weighted by Gasteiger charge is 2.31. The largest absolute Gasteiger partial charge is 0.376 e. The number of nitrogens with two attached hydrogens (primary N) is 1. The first kappa shape index (κ1) is 14.5. The zero-order valence-electron chi connectivity index (χ0n) is 12.3. The Morgan fingerprint density at radius 2 is 2.16 bits per heavy atom. The molecule has 1 fully saturated rings. The van der Waals surface area contributed by atoms with Crippen LogP contribution in [0.4, 0.5) is 0 Å². The molecule has 106 valence electrons. The van der Waals surface area contributed by atoms with Gasteiger partial charge in [0.05, 0.1) is 12.7 Å². The molecule has 0 aliphatic carbocycles. The second kappa shape index (κ2) is 6.51. The fraction of sp³-hybridized carbons (Fsp3) is 0.625. The zero-order valence-corrected chi connectivity index (χ0v) is 12.3. The van der Waals surface area contributed by atoms with Gasteiger partial charge in [-0.05, 0) is 31.4 Å². The molecule has 0 saturated carbocycles. The molecule has 1 aliphatic heterocycles. The van der Waals surface area contributed by atoms with E-state index in [1.165, 1.54) is 11.1 Å². The van der Waals surface area contributed by atoms with Crippen LogP contribution in [0.25, 0.3) is 0 Å². The van der Waals surface area contributed by atoms with Gasteiger partial charge in [-0.1, -0.05) is 31.2 Å². The predicted molar refractivity (Wildman–Crippen MR) is 79.2 cm³/mol. The lowest BCUT2D eigenvalue weighted by molar-refractivity contribution is -0.0720. The minimum Gasteiger partial charge on any atom is -0.376 e. The quantitative estimate of drug-likeness (QED) is 0.906. The van der Waals surface area contributed by atoms with Crippen molar-refractivity contribution in [2.45, 2.75) is 45.4 Å². The van der Waals surface area contributed by atoms with Gasteiger partial charge in [0, 0.05) is 25.2 Å². The number of morpholine rings is 1.